The summed E-state index contributed by atoms with van der Waals surface area (Å²) in [6, 6.07) is 22.4. The molecule has 336 valence electrons. The minimum atomic E-state index is -0.710. The molecule has 4 amide bonds. The van der Waals surface area contributed by atoms with Crippen LogP contribution in [0.5, 0.6) is 0 Å². The van der Waals surface area contributed by atoms with Gasteiger partial charge in [-0.05, 0) is 104 Å². The molecule has 4 aliphatic heterocycles. The van der Waals surface area contributed by atoms with Gasteiger partial charge in [-0.2, -0.15) is 0 Å². The van der Waals surface area contributed by atoms with E-state index < -0.39 is 11.9 Å². The minimum Gasteiger partial charge on any atom is -0.371 e. The van der Waals surface area contributed by atoms with Crippen molar-refractivity contribution in [2.45, 2.75) is 63.6 Å². The molecule has 3 aromatic heterocycles. The van der Waals surface area contributed by atoms with Crippen molar-refractivity contribution in [2.75, 3.05) is 57.8 Å². The van der Waals surface area contributed by atoms with E-state index in [-0.39, 0.29) is 29.8 Å². The zero-order valence-electron chi connectivity index (χ0n) is 37.0. The van der Waals surface area contributed by atoms with Gasteiger partial charge in [0.2, 0.25) is 17.7 Å². The molecule has 6 aromatic rings. The van der Waals surface area contributed by atoms with E-state index in [9.17, 15) is 24.0 Å². The highest BCUT2D eigenvalue weighted by atomic mass is 16.2. The summed E-state index contributed by atoms with van der Waals surface area (Å²) in [7, 11) is 3.95. The van der Waals surface area contributed by atoms with Gasteiger partial charge in [-0.15, -0.1) is 5.10 Å². The number of likely N-dealkylation sites (tertiary alicyclic amines) is 1. The van der Waals surface area contributed by atoms with Crippen LogP contribution >= 0.6 is 0 Å². The number of aromatic nitrogens is 6. The van der Waals surface area contributed by atoms with E-state index in [1.807, 2.05) is 34.1 Å². The number of hydrogen-bond donors (Lipinski definition) is 2. The van der Waals surface area contributed by atoms with Crippen molar-refractivity contribution in [3.05, 3.63) is 107 Å². The molecule has 65 heavy (non-hydrogen) atoms. The van der Waals surface area contributed by atoms with E-state index in [1.54, 1.807) is 28.7 Å². The number of imide groups is 1. The summed E-state index contributed by atoms with van der Waals surface area (Å²) < 4.78 is 4.76. The molecule has 3 saturated heterocycles. The minimum absolute atomic E-state index is 0.0392. The molecular formula is C49H55N11O5. The fourth-order valence-electron chi connectivity index (χ4n) is 10.4. The van der Waals surface area contributed by atoms with E-state index in [4.69, 9.17) is 0 Å². The fourth-order valence-corrected chi connectivity index (χ4v) is 10.4. The second-order valence-corrected chi connectivity index (χ2v) is 18.2. The molecule has 0 spiro atoms. The summed E-state index contributed by atoms with van der Waals surface area (Å²) in [4.78, 5) is 76.7. The Balaban J connectivity index is 0.703. The van der Waals surface area contributed by atoms with Crippen LogP contribution in [0.2, 0.25) is 0 Å². The average molecular weight is 878 g/mol. The molecule has 7 heterocycles. The number of amides is 4. The number of nitrogens with zero attached hydrogens (tertiary/aromatic N) is 9. The predicted molar refractivity (Wildman–Crippen MR) is 248 cm³/mol. The van der Waals surface area contributed by atoms with Crippen LogP contribution in [-0.4, -0.2) is 126 Å². The molecule has 2 atom stereocenters. The third-order valence-corrected chi connectivity index (χ3v) is 14.1. The van der Waals surface area contributed by atoms with E-state index in [0.29, 0.717) is 55.6 Å². The molecule has 0 saturated carbocycles. The monoisotopic (exact) mass is 877 g/mol. The van der Waals surface area contributed by atoms with Gasteiger partial charge in [0.15, 0.2) is 0 Å². The molecule has 2 N–H and O–H groups in total. The zero-order chi connectivity index (χ0) is 44.8. The number of aromatic amines is 1. The Kier molecular flexibility index (Phi) is 11.4. The van der Waals surface area contributed by atoms with Crippen molar-refractivity contribution < 1.29 is 19.2 Å². The molecule has 0 bridgehead atoms. The number of hydrogen-bond acceptors (Lipinski definition) is 9. The quantitative estimate of drug-likeness (QED) is 0.174. The first-order valence-electron chi connectivity index (χ1n) is 22.9. The maximum atomic E-state index is 13.8. The molecule has 0 radical (unpaired) electrons. The molecule has 16 heteroatoms. The predicted octanol–water partition coefficient (Wildman–Crippen LogP) is 4.83. The second-order valence-electron chi connectivity index (χ2n) is 18.2. The smallest absolute Gasteiger partial charge is 0.329 e. The number of carbonyl (C=O) groups excluding carboxylic acids is 4. The van der Waals surface area contributed by atoms with Crippen LogP contribution in [0, 0.1) is 5.92 Å². The highest BCUT2D eigenvalue weighted by Gasteiger charge is 2.33. The highest BCUT2D eigenvalue weighted by Crippen LogP contribution is 2.32. The number of nitrogens with one attached hydrogen (secondary N) is 2. The van der Waals surface area contributed by atoms with Crippen LogP contribution in [0.3, 0.4) is 0 Å². The first-order chi connectivity index (χ1) is 31.6. The van der Waals surface area contributed by atoms with Crippen molar-refractivity contribution >= 4 is 56.8 Å². The van der Waals surface area contributed by atoms with Crippen molar-refractivity contribution in [1.82, 2.24) is 49.1 Å². The highest BCUT2D eigenvalue weighted by molar-refractivity contribution is 6.00. The average Bonchev–Trinajstić information content (AvgIpc) is 4.16. The Morgan fingerprint density at radius 2 is 1.65 bits per heavy atom. The van der Waals surface area contributed by atoms with Crippen LogP contribution in [0.1, 0.15) is 67.0 Å². The first-order valence-corrected chi connectivity index (χ1v) is 22.9. The standard InChI is InChI=1S/C49H55N11O5/c1-54(29-32-15-21-57(30-32)39-10-7-33(8-11-39)35-9-12-42-44(28-35)55(2)49(65)60(42)43-13-14-45(61)52-47(43)63)38-16-22-56(23-17-38)48(64)41-27-36-6-5-34(26-40(36)51-41)37-4-3-20-58(31-37)46(62)18-24-59-25-19-50-53-59/h4-12,19,25-28,32,38,43,51H,3,13-18,20-24,29-31H2,1-2H3,(H,52,61,63)/t32-,43?/m1/s1. The van der Waals surface area contributed by atoms with Crippen molar-refractivity contribution in [3.63, 3.8) is 0 Å². The molecule has 3 aromatic carbocycles. The lowest BCUT2D eigenvalue weighted by Crippen LogP contribution is -2.46. The number of H-pyrrole nitrogens is 1. The Hall–Kier alpha value is -6.81. The number of benzene rings is 3. The Morgan fingerprint density at radius 3 is 2.43 bits per heavy atom. The lowest BCUT2D eigenvalue weighted by Gasteiger charge is -2.37. The number of imidazole rings is 1. The SMILES string of the molecule is CN(C[C@H]1CCN(c2ccc(-c3ccc4c(c3)n(C)c(=O)n4C3CCC(=O)NC3=O)cc2)C1)C1CCN(C(=O)c2cc3ccc(C4=CCCN(C(=O)CCn5ccnn5)C4)cc3[nH]2)CC1. The number of anilines is 1. The van der Waals surface area contributed by atoms with Crippen LogP contribution in [0.25, 0.3) is 38.6 Å². The Morgan fingerprint density at radius 1 is 0.846 bits per heavy atom. The maximum Gasteiger partial charge on any atom is 0.329 e. The summed E-state index contributed by atoms with van der Waals surface area (Å²) in [5, 5.41) is 11.2. The van der Waals surface area contributed by atoms with Crippen LogP contribution in [-0.2, 0) is 28.0 Å². The van der Waals surface area contributed by atoms with Crippen LogP contribution < -0.4 is 15.9 Å². The van der Waals surface area contributed by atoms with Gasteiger partial charge in [0.1, 0.15) is 11.7 Å². The number of rotatable bonds is 11. The molecule has 0 aliphatic carbocycles. The molecule has 10 rings (SSSR count). The summed E-state index contributed by atoms with van der Waals surface area (Å²) >= 11 is 0. The molecule has 1 unspecified atom stereocenters. The van der Waals surface area contributed by atoms with Gasteiger partial charge in [-0.3, -0.25) is 38.3 Å². The zero-order valence-corrected chi connectivity index (χ0v) is 37.0. The van der Waals surface area contributed by atoms with Gasteiger partial charge in [-0.1, -0.05) is 41.6 Å². The van der Waals surface area contributed by atoms with Gasteiger partial charge in [-0.25, -0.2) is 4.79 Å². The van der Waals surface area contributed by atoms with E-state index in [0.717, 1.165) is 97.1 Å². The number of carbonyl (C=O) groups is 4. The van der Waals surface area contributed by atoms with Gasteiger partial charge < -0.3 is 24.6 Å². The topological polar surface area (TPSA) is 167 Å². The van der Waals surface area contributed by atoms with E-state index >= 15 is 0 Å². The normalized spacial score (nSPS) is 19.7. The largest absolute Gasteiger partial charge is 0.371 e. The first kappa shape index (κ1) is 42.2. The lowest BCUT2D eigenvalue weighted by atomic mass is 10.00. The van der Waals surface area contributed by atoms with Gasteiger partial charge in [0.05, 0.1) is 23.8 Å². The van der Waals surface area contributed by atoms with Crippen molar-refractivity contribution in [3.8, 4) is 11.1 Å². The maximum absolute atomic E-state index is 13.8. The lowest BCUT2D eigenvalue weighted by molar-refractivity contribution is -0.136. The van der Waals surface area contributed by atoms with E-state index in [1.165, 1.54) is 10.3 Å². The number of piperidine rings is 2. The van der Waals surface area contributed by atoms with Gasteiger partial charge >= 0.3 is 5.69 Å². The molecular weight excluding hydrogens is 823 g/mol. The molecule has 3 fully saturated rings. The third kappa shape index (κ3) is 8.50. The van der Waals surface area contributed by atoms with Crippen LogP contribution in [0.15, 0.2) is 90.0 Å². The van der Waals surface area contributed by atoms with Crippen molar-refractivity contribution in [1.29, 1.82) is 0 Å². The van der Waals surface area contributed by atoms with Gasteiger partial charge in [0, 0.05) is 94.5 Å². The number of fused-ring (bicyclic) bond motifs is 2. The summed E-state index contributed by atoms with van der Waals surface area (Å²) in [5.74, 6) is -0.0524. The summed E-state index contributed by atoms with van der Waals surface area (Å²) in [5.41, 5.74) is 8.07. The fraction of sp³-hybridized carbons (Fsp3) is 0.408. The number of aryl methyl sites for hydroxylation is 2. The van der Waals surface area contributed by atoms with Crippen LogP contribution in [0.4, 0.5) is 5.69 Å². The van der Waals surface area contributed by atoms with Crippen molar-refractivity contribution in [2.24, 2.45) is 13.0 Å². The molecule has 4 aliphatic rings. The summed E-state index contributed by atoms with van der Waals surface area (Å²) in [6.45, 7) is 6.22. The third-order valence-electron chi connectivity index (χ3n) is 14.1. The Bertz CT molecular complexity index is 2870. The summed E-state index contributed by atoms with van der Waals surface area (Å²) in [6.07, 6.45) is 10.3. The second kappa shape index (κ2) is 17.6. The Labute approximate surface area is 376 Å². The molecule has 16 nitrogen and oxygen atoms in total. The van der Waals surface area contributed by atoms with E-state index in [2.05, 4.69) is 86.0 Å². The van der Waals surface area contributed by atoms with Gasteiger partial charge in [0.25, 0.3) is 5.91 Å².